The van der Waals surface area contributed by atoms with Crippen LogP contribution in [0, 0.1) is 0 Å². The molecule has 0 unspecified atom stereocenters. The Kier molecular flexibility index (Phi) is 10.6. The maximum absolute atomic E-state index is 12.3. The summed E-state index contributed by atoms with van der Waals surface area (Å²) < 4.78 is 21.4. The molecule has 0 aromatic heterocycles. The van der Waals surface area contributed by atoms with Gasteiger partial charge in [-0.3, -0.25) is 9.59 Å². The Hall–Kier alpha value is -5.90. The second-order valence-corrected chi connectivity index (χ2v) is 8.99. The third-order valence-electron chi connectivity index (χ3n) is 5.53. The number of para-hydroxylation sites is 2. The fourth-order valence-corrected chi connectivity index (χ4v) is 3.58. The van der Waals surface area contributed by atoms with Crippen LogP contribution in [0.3, 0.4) is 0 Å². The second kappa shape index (κ2) is 15.2. The van der Waals surface area contributed by atoms with Crippen LogP contribution in [0.5, 0.6) is 23.0 Å². The molecule has 10 nitrogen and oxygen atoms in total. The van der Waals surface area contributed by atoms with Crippen LogP contribution in [0.1, 0.15) is 6.92 Å². The summed E-state index contributed by atoms with van der Waals surface area (Å²) in [7, 11) is 0. The number of carbonyl (C=O) groups is 4. The van der Waals surface area contributed by atoms with E-state index >= 15 is 0 Å². The van der Waals surface area contributed by atoms with Gasteiger partial charge in [0.1, 0.15) is 23.0 Å². The van der Waals surface area contributed by atoms with Gasteiger partial charge >= 0.3 is 11.9 Å². The normalized spacial score (nSPS) is 10.7. The predicted octanol–water partition coefficient (Wildman–Crippen LogP) is 5.88. The van der Waals surface area contributed by atoms with E-state index in [4.69, 9.17) is 18.9 Å². The summed E-state index contributed by atoms with van der Waals surface area (Å²) >= 11 is 0. The van der Waals surface area contributed by atoms with Crippen molar-refractivity contribution in [2.24, 2.45) is 0 Å². The first kappa shape index (κ1) is 30.1. The molecule has 0 aliphatic rings. The van der Waals surface area contributed by atoms with Crippen LogP contribution >= 0.6 is 0 Å². The molecule has 218 valence electrons. The topological polar surface area (TPSA) is 129 Å². The molecule has 0 aliphatic carbocycles. The number of anilines is 2. The Labute approximate surface area is 247 Å². The Bertz CT molecular complexity index is 1600. The van der Waals surface area contributed by atoms with Crippen LogP contribution in [0.4, 0.5) is 11.4 Å². The Morgan fingerprint density at radius 1 is 0.581 bits per heavy atom. The van der Waals surface area contributed by atoms with Crippen LogP contribution in [0.15, 0.2) is 121 Å². The third-order valence-corrected chi connectivity index (χ3v) is 5.53. The minimum absolute atomic E-state index is 0.109. The number of rotatable bonds is 12. The number of hydrogen-bond acceptors (Lipinski definition) is 8. The van der Waals surface area contributed by atoms with Gasteiger partial charge in [0.15, 0.2) is 13.2 Å². The molecule has 0 radical (unpaired) electrons. The van der Waals surface area contributed by atoms with Crippen molar-refractivity contribution in [3.05, 3.63) is 121 Å². The number of nitrogens with one attached hydrogen (secondary N) is 2. The zero-order valence-electron chi connectivity index (χ0n) is 23.1. The first-order valence-corrected chi connectivity index (χ1v) is 13.1. The van der Waals surface area contributed by atoms with Crippen molar-refractivity contribution in [3.8, 4) is 23.0 Å². The van der Waals surface area contributed by atoms with Crippen molar-refractivity contribution in [1.82, 2.24) is 0 Å². The largest absolute Gasteiger partial charge is 0.457 e. The standard InChI is InChI=1S/C33H28N2O8/c1-23(33(39)41-22-31(37)35-25-11-9-17-29(20-25)43-27-14-6-3-7-15-27)18-32(38)40-21-30(36)34-24-10-8-16-28(19-24)42-26-12-4-2-5-13-26/h2-20H,21-22H2,1H3,(H,34,36)(H,35,37). The summed E-state index contributed by atoms with van der Waals surface area (Å²) in [6.07, 6.45) is 0.881. The van der Waals surface area contributed by atoms with Crippen molar-refractivity contribution < 1.29 is 38.1 Å². The maximum Gasteiger partial charge on any atom is 0.334 e. The highest BCUT2D eigenvalue weighted by Crippen LogP contribution is 2.25. The predicted molar refractivity (Wildman–Crippen MR) is 159 cm³/mol. The van der Waals surface area contributed by atoms with Crippen LogP contribution in [-0.2, 0) is 28.7 Å². The van der Waals surface area contributed by atoms with E-state index in [2.05, 4.69) is 10.6 Å². The molecule has 4 rings (SSSR count). The van der Waals surface area contributed by atoms with Crippen LogP contribution in [0.25, 0.3) is 0 Å². The van der Waals surface area contributed by atoms with Gasteiger partial charge in [0, 0.05) is 35.2 Å². The van der Waals surface area contributed by atoms with Crippen LogP contribution in [-0.4, -0.2) is 37.0 Å². The smallest absolute Gasteiger partial charge is 0.334 e. The van der Waals surface area contributed by atoms with Gasteiger partial charge in [-0.15, -0.1) is 0 Å². The quantitative estimate of drug-likeness (QED) is 0.157. The Balaban J connectivity index is 1.18. The Morgan fingerprint density at radius 3 is 1.51 bits per heavy atom. The van der Waals surface area contributed by atoms with Gasteiger partial charge in [0.2, 0.25) is 0 Å². The maximum atomic E-state index is 12.3. The van der Waals surface area contributed by atoms with Crippen LogP contribution < -0.4 is 20.1 Å². The highest BCUT2D eigenvalue weighted by molar-refractivity contribution is 5.99. The number of hydrogen-bond donors (Lipinski definition) is 2. The molecule has 0 heterocycles. The molecule has 2 N–H and O–H groups in total. The fraction of sp³-hybridized carbons (Fsp3) is 0.0909. The summed E-state index contributed by atoms with van der Waals surface area (Å²) in [5.41, 5.74) is 0.778. The monoisotopic (exact) mass is 580 g/mol. The molecule has 0 bridgehead atoms. The number of amides is 2. The van der Waals surface area contributed by atoms with Crippen molar-refractivity contribution in [1.29, 1.82) is 0 Å². The number of ether oxygens (including phenoxy) is 4. The van der Waals surface area contributed by atoms with Gasteiger partial charge in [0.05, 0.1) is 0 Å². The fourth-order valence-electron chi connectivity index (χ4n) is 3.58. The molecule has 4 aromatic rings. The minimum Gasteiger partial charge on any atom is -0.457 e. The second-order valence-electron chi connectivity index (χ2n) is 8.99. The lowest BCUT2D eigenvalue weighted by molar-refractivity contribution is -0.144. The molecular weight excluding hydrogens is 552 g/mol. The van der Waals surface area contributed by atoms with Gasteiger partial charge in [-0.25, -0.2) is 9.59 Å². The molecule has 0 saturated heterocycles. The van der Waals surface area contributed by atoms with Gasteiger partial charge in [-0.05, 0) is 55.5 Å². The van der Waals surface area contributed by atoms with E-state index in [1.54, 1.807) is 72.8 Å². The van der Waals surface area contributed by atoms with E-state index < -0.39 is 37.0 Å². The van der Waals surface area contributed by atoms with E-state index in [0.717, 1.165) is 6.08 Å². The first-order chi connectivity index (χ1) is 20.8. The van der Waals surface area contributed by atoms with Gasteiger partial charge < -0.3 is 29.6 Å². The van der Waals surface area contributed by atoms with Crippen molar-refractivity contribution in [3.63, 3.8) is 0 Å². The van der Waals surface area contributed by atoms with Crippen molar-refractivity contribution in [2.75, 3.05) is 23.8 Å². The average molecular weight is 581 g/mol. The van der Waals surface area contributed by atoms with E-state index in [9.17, 15) is 19.2 Å². The lowest BCUT2D eigenvalue weighted by Gasteiger charge is -2.10. The molecule has 0 saturated carbocycles. The van der Waals surface area contributed by atoms with E-state index in [1.165, 1.54) is 6.92 Å². The zero-order valence-corrected chi connectivity index (χ0v) is 23.1. The third kappa shape index (κ3) is 10.2. The first-order valence-electron chi connectivity index (χ1n) is 13.1. The highest BCUT2D eigenvalue weighted by Gasteiger charge is 2.13. The minimum atomic E-state index is -0.926. The molecule has 43 heavy (non-hydrogen) atoms. The lowest BCUT2D eigenvalue weighted by atomic mass is 10.3. The number of carbonyl (C=O) groups excluding carboxylic acids is 4. The van der Waals surface area contributed by atoms with E-state index in [1.807, 2.05) is 36.4 Å². The van der Waals surface area contributed by atoms with Gasteiger partial charge in [-0.1, -0.05) is 48.5 Å². The summed E-state index contributed by atoms with van der Waals surface area (Å²) in [6.45, 7) is 0.152. The molecular formula is C33H28N2O8. The summed E-state index contributed by atoms with van der Waals surface area (Å²) in [6, 6.07) is 31.7. The summed E-state index contributed by atoms with van der Waals surface area (Å²) in [4.78, 5) is 48.9. The molecule has 2 amide bonds. The molecule has 0 atom stereocenters. The summed E-state index contributed by atoms with van der Waals surface area (Å²) in [5.74, 6) is -0.695. The zero-order chi connectivity index (χ0) is 30.4. The molecule has 0 fully saturated rings. The van der Waals surface area contributed by atoms with Crippen molar-refractivity contribution >= 4 is 35.1 Å². The van der Waals surface area contributed by atoms with E-state index in [-0.39, 0.29) is 5.57 Å². The average Bonchev–Trinajstić information content (AvgIpc) is 3.00. The number of benzene rings is 4. The van der Waals surface area contributed by atoms with E-state index in [0.29, 0.717) is 34.4 Å². The van der Waals surface area contributed by atoms with Gasteiger partial charge in [-0.2, -0.15) is 0 Å². The highest BCUT2D eigenvalue weighted by atomic mass is 16.5. The molecule has 4 aromatic carbocycles. The Morgan fingerprint density at radius 2 is 1.02 bits per heavy atom. The summed E-state index contributed by atoms with van der Waals surface area (Å²) in [5, 5.41) is 5.22. The van der Waals surface area contributed by atoms with Crippen LogP contribution in [0.2, 0.25) is 0 Å². The molecule has 0 aliphatic heterocycles. The van der Waals surface area contributed by atoms with Gasteiger partial charge in [0.25, 0.3) is 11.8 Å². The SMILES string of the molecule is CC(=CC(=O)OCC(=O)Nc1cccc(Oc2ccccc2)c1)C(=O)OCC(=O)Nc1cccc(Oc2ccccc2)c1. The van der Waals surface area contributed by atoms with Crippen molar-refractivity contribution in [2.45, 2.75) is 6.92 Å². The number of esters is 2. The lowest BCUT2D eigenvalue weighted by Crippen LogP contribution is -2.22. The molecule has 10 heteroatoms. The molecule has 0 spiro atoms.